The highest BCUT2D eigenvalue weighted by Gasteiger charge is 2.10. The molecule has 0 saturated heterocycles. The van der Waals surface area contributed by atoms with E-state index in [0.717, 1.165) is 40.4 Å². The first-order chi connectivity index (χ1) is 11.1. The van der Waals surface area contributed by atoms with Crippen LogP contribution in [0.5, 0.6) is 0 Å². The van der Waals surface area contributed by atoms with Crippen LogP contribution in [0.2, 0.25) is 0 Å². The first-order valence-electron chi connectivity index (χ1n) is 7.73. The van der Waals surface area contributed by atoms with Crippen molar-refractivity contribution in [1.82, 2.24) is 19.9 Å². The van der Waals surface area contributed by atoms with Crippen LogP contribution in [0.15, 0.2) is 29.6 Å². The smallest absolute Gasteiger partial charge is 0.240 e. The molecule has 0 bridgehead atoms. The predicted octanol–water partition coefficient (Wildman–Crippen LogP) is 2.86. The van der Waals surface area contributed by atoms with Crippen LogP contribution in [0, 0.1) is 13.8 Å². The number of benzene rings is 1. The molecule has 3 rings (SSSR count). The minimum Gasteiger partial charge on any atom is -0.355 e. The van der Waals surface area contributed by atoms with Crippen LogP contribution in [0.1, 0.15) is 22.9 Å². The van der Waals surface area contributed by atoms with Crippen molar-refractivity contribution in [2.24, 2.45) is 0 Å². The quantitative estimate of drug-likeness (QED) is 0.708. The van der Waals surface area contributed by atoms with Crippen LogP contribution in [-0.2, 0) is 17.8 Å². The normalized spacial score (nSPS) is 11.0. The number of hydrogen-bond donors (Lipinski definition) is 1. The molecule has 1 amide bonds. The number of hydrogen-bond acceptors (Lipinski definition) is 4. The number of nitrogens with zero attached hydrogens (tertiary/aromatic N) is 3. The van der Waals surface area contributed by atoms with Gasteiger partial charge in [0.05, 0.1) is 16.0 Å². The molecule has 120 valence electrons. The van der Waals surface area contributed by atoms with Gasteiger partial charge >= 0.3 is 0 Å². The Hall–Kier alpha value is -2.21. The zero-order chi connectivity index (χ0) is 16.2. The third-order valence-corrected chi connectivity index (χ3v) is 4.73. The highest BCUT2D eigenvalue weighted by atomic mass is 32.1. The third-order valence-electron chi connectivity index (χ3n) is 3.70. The third kappa shape index (κ3) is 3.76. The molecule has 6 heteroatoms. The maximum Gasteiger partial charge on any atom is 0.240 e. The van der Waals surface area contributed by atoms with E-state index in [1.807, 2.05) is 42.7 Å². The number of carbonyl (C=O) groups excluding carboxylic acids is 1. The van der Waals surface area contributed by atoms with Crippen molar-refractivity contribution in [1.29, 1.82) is 0 Å². The Kier molecular flexibility index (Phi) is 4.71. The van der Waals surface area contributed by atoms with Crippen LogP contribution in [-0.4, -0.2) is 27.0 Å². The monoisotopic (exact) mass is 328 g/mol. The fourth-order valence-corrected chi connectivity index (χ4v) is 3.40. The van der Waals surface area contributed by atoms with E-state index in [0.29, 0.717) is 13.1 Å². The van der Waals surface area contributed by atoms with Crippen LogP contribution >= 0.6 is 11.3 Å². The van der Waals surface area contributed by atoms with Crippen molar-refractivity contribution >= 4 is 28.3 Å². The van der Waals surface area contributed by atoms with Gasteiger partial charge in [-0.25, -0.2) is 9.97 Å². The van der Waals surface area contributed by atoms with E-state index in [1.54, 1.807) is 11.3 Å². The molecule has 23 heavy (non-hydrogen) atoms. The van der Waals surface area contributed by atoms with Gasteiger partial charge in [-0.2, -0.15) is 0 Å². The molecule has 3 aromatic rings. The lowest BCUT2D eigenvalue weighted by molar-refractivity contribution is -0.121. The zero-order valence-corrected chi connectivity index (χ0v) is 14.2. The second-order valence-corrected chi connectivity index (χ2v) is 6.51. The molecule has 0 aliphatic heterocycles. The molecule has 2 heterocycles. The number of carbonyl (C=O) groups is 1. The van der Waals surface area contributed by atoms with Crippen LogP contribution < -0.4 is 5.32 Å². The molecule has 0 aliphatic rings. The van der Waals surface area contributed by atoms with Crippen LogP contribution in [0.3, 0.4) is 0 Å². The van der Waals surface area contributed by atoms with Crippen molar-refractivity contribution in [3.63, 3.8) is 0 Å². The summed E-state index contributed by atoms with van der Waals surface area (Å²) in [4.78, 5) is 21.1. The molecule has 5 nitrogen and oxygen atoms in total. The van der Waals surface area contributed by atoms with Gasteiger partial charge in [-0.3, -0.25) is 4.79 Å². The number of para-hydroxylation sites is 2. The molecule has 0 aliphatic carbocycles. The summed E-state index contributed by atoms with van der Waals surface area (Å²) in [7, 11) is 0. The Morgan fingerprint density at radius 2 is 2.09 bits per heavy atom. The number of imidazole rings is 1. The summed E-state index contributed by atoms with van der Waals surface area (Å²) in [5.41, 5.74) is 2.99. The number of rotatable bonds is 6. The Bertz CT molecular complexity index is 821. The topological polar surface area (TPSA) is 59.8 Å². The Morgan fingerprint density at radius 3 is 2.87 bits per heavy atom. The maximum atomic E-state index is 12.1. The van der Waals surface area contributed by atoms with Gasteiger partial charge < -0.3 is 9.88 Å². The molecule has 2 aromatic heterocycles. The molecule has 0 saturated carbocycles. The summed E-state index contributed by atoms with van der Waals surface area (Å²) in [6, 6.07) is 7.88. The summed E-state index contributed by atoms with van der Waals surface area (Å²) in [5, 5.41) is 6.17. The molecule has 1 N–H and O–H groups in total. The number of thiazole rings is 1. The van der Waals surface area contributed by atoms with Crippen molar-refractivity contribution in [3.8, 4) is 0 Å². The number of nitrogens with one attached hydrogen (secondary N) is 1. The van der Waals surface area contributed by atoms with Crippen molar-refractivity contribution in [3.05, 3.63) is 46.2 Å². The highest BCUT2D eigenvalue weighted by Crippen LogP contribution is 2.15. The van der Waals surface area contributed by atoms with E-state index < -0.39 is 0 Å². The maximum absolute atomic E-state index is 12.1. The van der Waals surface area contributed by atoms with Gasteiger partial charge in [0, 0.05) is 24.0 Å². The lowest BCUT2D eigenvalue weighted by Crippen LogP contribution is -2.29. The molecule has 0 radical (unpaired) electrons. The molecule has 0 unspecified atom stereocenters. The molecule has 0 atom stereocenters. The predicted molar refractivity (Wildman–Crippen MR) is 92.7 cm³/mol. The van der Waals surface area contributed by atoms with E-state index in [2.05, 4.69) is 20.7 Å². The average molecular weight is 328 g/mol. The van der Waals surface area contributed by atoms with E-state index in [-0.39, 0.29) is 5.91 Å². The molecular formula is C17H20N4OS. The summed E-state index contributed by atoms with van der Waals surface area (Å²) in [5.74, 6) is 0.881. The fraction of sp³-hybridized carbons (Fsp3) is 0.353. The number of aromatic nitrogens is 3. The van der Waals surface area contributed by atoms with Crippen LogP contribution in [0.4, 0.5) is 0 Å². The van der Waals surface area contributed by atoms with Crippen molar-refractivity contribution in [2.75, 3.05) is 6.54 Å². The lowest BCUT2D eigenvalue weighted by atomic mass is 10.3. The second kappa shape index (κ2) is 6.91. The Labute approximate surface area is 139 Å². The zero-order valence-electron chi connectivity index (χ0n) is 13.4. The molecule has 0 fully saturated rings. The van der Waals surface area contributed by atoms with Gasteiger partial charge in [-0.05, 0) is 32.4 Å². The van der Waals surface area contributed by atoms with E-state index in [9.17, 15) is 4.79 Å². The minimum absolute atomic E-state index is 0.0200. The molecule has 0 spiro atoms. The standard InChI is InChI=1S/C17H20N4OS/c1-12-11-23-17(19-12)8-5-9-18-16(22)10-21-13(2)20-14-6-3-4-7-15(14)21/h3-4,6-7,11H,5,8-10H2,1-2H3,(H,18,22). The first kappa shape index (κ1) is 15.7. The summed E-state index contributed by atoms with van der Waals surface area (Å²) >= 11 is 1.68. The second-order valence-electron chi connectivity index (χ2n) is 5.57. The summed E-state index contributed by atoms with van der Waals surface area (Å²) in [6.45, 7) is 4.91. The van der Waals surface area contributed by atoms with Crippen LogP contribution in [0.25, 0.3) is 11.0 Å². The number of amides is 1. The Balaban J connectivity index is 1.51. The Morgan fingerprint density at radius 1 is 1.26 bits per heavy atom. The SMILES string of the molecule is Cc1csc(CCCNC(=O)Cn2c(C)nc3ccccc32)n1. The minimum atomic E-state index is 0.0200. The first-order valence-corrected chi connectivity index (χ1v) is 8.61. The largest absolute Gasteiger partial charge is 0.355 e. The summed E-state index contributed by atoms with van der Waals surface area (Å²) in [6.07, 6.45) is 1.81. The van der Waals surface area contributed by atoms with E-state index >= 15 is 0 Å². The van der Waals surface area contributed by atoms with Crippen molar-refractivity contribution in [2.45, 2.75) is 33.2 Å². The molecule has 1 aromatic carbocycles. The van der Waals surface area contributed by atoms with Gasteiger partial charge in [-0.15, -0.1) is 11.3 Å². The van der Waals surface area contributed by atoms with Gasteiger partial charge in [-0.1, -0.05) is 12.1 Å². The van der Waals surface area contributed by atoms with Gasteiger partial charge in [0.2, 0.25) is 5.91 Å². The van der Waals surface area contributed by atoms with Gasteiger partial charge in [0.1, 0.15) is 12.4 Å². The van der Waals surface area contributed by atoms with E-state index in [4.69, 9.17) is 0 Å². The number of aryl methyl sites for hydroxylation is 3. The summed E-state index contributed by atoms with van der Waals surface area (Å²) < 4.78 is 1.95. The lowest BCUT2D eigenvalue weighted by Gasteiger charge is -2.08. The average Bonchev–Trinajstić information content (AvgIpc) is 3.08. The van der Waals surface area contributed by atoms with Crippen molar-refractivity contribution < 1.29 is 4.79 Å². The molecular weight excluding hydrogens is 308 g/mol. The fourth-order valence-electron chi connectivity index (χ4n) is 2.58. The van der Waals surface area contributed by atoms with Gasteiger partial charge in [0.15, 0.2) is 0 Å². The number of fused-ring (bicyclic) bond motifs is 1. The van der Waals surface area contributed by atoms with Gasteiger partial charge in [0.25, 0.3) is 0 Å². The highest BCUT2D eigenvalue weighted by molar-refractivity contribution is 7.09. The van der Waals surface area contributed by atoms with E-state index in [1.165, 1.54) is 0 Å².